The number of nitrogens with two attached hydrogens (primary N) is 1. The Morgan fingerprint density at radius 3 is 3.00 bits per heavy atom. The van der Waals surface area contributed by atoms with Crippen LogP contribution in [0.25, 0.3) is 21.8 Å². The maximum absolute atomic E-state index is 14.5. The van der Waals surface area contributed by atoms with Crippen molar-refractivity contribution in [2.75, 3.05) is 43.0 Å². The average molecular weight is 479 g/mol. The van der Waals surface area contributed by atoms with Crippen LogP contribution in [0.5, 0.6) is 6.01 Å². The number of nitrogens with zero attached hydrogens (tertiary/aromatic N) is 5. The summed E-state index contributed by atoms with van der Waals surface area (Å²) >= 11 is 0. The van der Waals surface area contributed by atoms with Crippen LogP contribution >= 0.6 is 0 Å². The van der Waals surface area contributed by atoms with Crippen molar-refractivity contribution in [1.29, 1.82) is 0 Å². The van der Waals surface area contributed by atoms with Gasteiger partial charge in [0.15, 0.2) is 5.82 Å². The van der Waals surface area contributed by atoms with Gasteiger partial charge in [0.1, 0.15) is 12.1 Å². The number of carbonyl (C=O) groups is 1. The quantitative estimate of drug-likeness (QED) is 0.385. The lowest BCUT2D eigenvalue weighted by atomic mass is 10.1. The number of amides is 1. The zero-order valence-corrected chi connectivity index (χ0v) is 19.6. The van der Waals surface area contributed by atoms with Gasteiger partial charge >= 0.3 is 6.01 Å². The molecule has 182 valence electrons. The molecule has 2 aromatic carbocycles. The SMILES string of the molecule is CC1CN(c2ccc(C(=O)Nc3cc(F)c4nn(C)cc4c3)c3nc(OCCN)ncc23)CCN1. The van der Waals surface area contributed by atoms with Gasteiger partial charge in [-0.15, -0.1) is 0 Å². The van der Waals surface area contributed by atoms with Crippen molar-refractivity contribution in [3.05, 3.63) is 48.0 Å². The molecule has 1 saturated heterocycles. The number of benzene rings is 2. The second-order valence-electron chi connectivity index (χ2n) is 8.64. The predicted molar refractivity (Wildman–Crippen MR) is 132 cm³/mol. The lowest BCUT2D eigenvalue weighted by molar-refractivity contribution is 0.102. The van der Waals surface area contributed by atoms with Crippen LogP contribution < -0.4 is 26.0 Å². The number of fused-ring (bicyclic) bond motifs is 2. The number of halogens is 1. The van der Waals surface area contributed by atoms with Crippen LogP contribution in [-0.2, 0) is 7.05 Å². The van der Waals surface area contributed by atoms with Gasteiger partial charge in [-0.25, -0.2) is 9.37 Å². The number of aromatic nitrogens is 4. The number of carbonyl (C=O) groups excluding carboxylic acids is 1. The molecule has 1 aliphatic heterocycles. The molecule has 0 radical (unpaired) electrons. The summed E-state index contributed by atoms with van der Waals surface area (Å²) in [6.07, 6.45) is 3.37. The number of ether oxygens (including phenoxy) is 1. The minimum absolute atomic E-state index is 0.144. The molecule has 0 saturated carbocycles. The molecular weight excluding hydrogens is 451 g/mol. The minimum atomic E-state index is -0.508. The van der Waals surface area contributed by atoms with Gasteiger partial charge in [-0.3, -0.25) is 9.48 Å². The van der Waals surface area contributed by atoms with E-state index in [-0.39, 0.29) is 18.1 Å². The largest absolute Gasteiger partial charge is 0.462 e. The molecule has 0 spiro atoms. The van der Waals surface area contributed by atoms with Crippen LogP contribution in [-0.4, -0.2) is 64.5 Å². The summed E-state index contributed by atoms with van der Waals surface area (Å²) in [6, 6.07) is 7.06. The molecule has 35 heavy (non-hydrogen) atoms. The van der Waals surface area contributed by atoms with Gasteiger partial charge in [0.05, 0.1) is 11.1 Å². The van der Waals surface area contributed by atoms with Crippen LogP contribution in [0.1, 0.15) is 17.3 Å². The summed E-state index contributed by atoms with van der Waals surface area (Å²) in [6.45, 7) is 5.19. The Labute approximate surface area is 201 Å². The van der Waals surface area contributed by atoms with Crippen molar-refractivity contribution in [3.8, 4) is 6.01 Å². The number of nitrogens with one attached hydrogen (secondary N) is 2. The molecule has 0 aliphatic carbocycles. The highest BCUT2D eigenvalue weighted by molar-refractivity contribution is 6.14. The third-order valence-corrected chi connectivity index (χ3v) is 5.94. The van der Waals surface area contributed by atoms with Crippen molar-refractivity contribution < 1.29 is 13.9 Å². The lowest BCUT2D eigenvalue weighted by Crippen LogP contribution is -2.49. The highest BCUT2D eigenvalue weighted by atomic mass is 19.1. The molecule has 1 amide bonds. The number of rotatable bonds is 6. The number of aryl methyl sites for hydroxylation is 1. The first kappa shape index (κ1) is 22.9. The van der Waals surface area contributed by atoms with Crippen LogP contribution in [0, 0.1) is 5.82 Å². The van der Waals surface area contributed by atoms with E-state index in [9.17, 15) is 9.18 Å². The molecule has 1 unspecified atom stereocenters. The Bertz CT molecular complexity index is 1410. The van der Waals surface area contributed by atoms with Crippen LogP contribution in [0.2, 0.25) is 0 Å². The molecule has 1 fully saturated rings. The molecule has 5 rings (SSSR count). The number of hydrogen-bond acceptors (Lipinski definition) is 8. The molecular formula is C24H27FN8O2. The van der Waals surface area contributed by atoms with E-state index in [4.69, 9.17) is 10.5 Å². The summed E-state index contributed by atoms with van der Waals surface area (Å²) in [7, 11) is 1.72. The molecule has 10 nitrogen and oxygen atoms in total. The van der Waals surface area contributed by atoms with Gasteiger partial charge in [0, 0.05) is 73.8 Å². The molecule has 2 aromatic heterocycles. The summed E-state index contributed by atoms with van der Waals surface area (Å²) in [5.41, 5.74) is 7.86. The van der Waals surface area contributed by atoms with E-state index < -0.39 is 11.7 Å². The van der Waals surface area contributed by atoms with Gasteiger partial charge in [0.2, 0.25) is 0 Å². The average Bonchev–Trinajstić information content (AvgIpc) is 3.22. The zero-order chi connectivity index (χ0) is 24.5. The van der Waals surface area contributed by atoms with Gasteiger partial charge in [-0.2, -0.15) is 10.1 Å². The van der Waals surface area contributed by atoms with E-state index in [2.05, 4.69) is 37.5 Å². The molecule has 0 bridgehead atoms. The topological polar surface area (TPSA) is 123 Å². The van der Waals surface area contributed by atoms with Crippen molar-refractivity contribution in [2.45, 2.75) is 13.0 Å². The maximum atomic E-state index is 14.5. The molecule has 3 heterocycles. The Hall–Kier alpha value is -3.83. The summed E-state index contributed by atoms with van der Waals surface area (Å²) in [4.78, 5) is 24.5. The van der Waals surface area contributed by atoms with Crippen molar-refractivity contribution in [3.63, 3.8) is 0 Å². The van der Waals surface area contributed by atoms with Crippen molar-refractivity contribution in [2.24, 2.45) is 12.8 Å². The van der Waals surface area contributed by atoms with Crippen LogP contribution in [0.4, 0.5) is 15.8 Å². The fourth-order valence-corrected chi connectivity index (χ4v) is 4.40. The summed E-state index contributed by atoms with van der Waals surface area (Å²) < 4.78 is 21.6. The van der Waals surface area contributed by atoms with E-state index in [1.165, 1.54) is 10.7 Å². The highest BCUT2D eigenvalue weighted by Crippen LogP contribution is 2.31. The standard InChI is InChI=1S/C24H27FN8O2/c1-14-12-33(7-6-27-14)20-4-3-17(22-18(20)11-28-24(30-22)35-8-5-26)23(34)29-16-9-15-13-32(2)31-21(15)19(25)10-16/h3-4,9-11,13-14,27H,5-8,12,26H2,1-2H3,(H,29,34). The maximum Gasteiger partial charge on any atom is 0.316 e. The van der Waals surface area contributed by atoms with E-state index in [1.54, 1.807) is 31.6 Å². The third kappa shape index (κ3) is 4.60. The minimum Gasteiger partial charge on any atom is -0.462 e. The van der Waals surface area contributed by atoms with E-state index in [0.29, 0.717) is 34.7 Å². The number of anilines is 2. The van der Waals surface area contributed by atoms with Gasteiger partial charge < -0.3 is 26.0 Å². The lowest BCUT2D eigenvalue weighted by Gasteiger charge is -2.34. The Morgan fingerprint density at radius 2 is 2.20 bits per heavy atom. The van der Waals surface area contributed by atoms with Crippen LogP contribution in [0.15, 0.2) is 36.7 Å². The normalized spacial score (nSPS) is 16.1. The van der Waals surface area contributed by atoms with Gasteiger partial charge in [-0.1, -0.05) is 0 Å². The molecule has 1 aliphatic rings. The first-order chi connectivity index (χ1) is 16.9. The third-order valence-electron chi connectivity index (χ3n) is 5.94. The predicted octanol–water partition coefficient (Wildman–Crippen LogP) is 2.04. The fourth-order valence-electron chi connectivity index (χ4n) is 4.40. The monoisotopic (exact) mass is 478 g/mol. The van der Waals surface area contributed by atoms with Crippen molar-refractivity contribution >= 4 is 39.1 Å². The zero-order valence-electron chi connectivity index (χ0n) is 19.6. The Morgan fingerprint density at radius 1 is 1.34 bits per heavy atom. The Balaban J connectivity index is 1.54. The number of piperazine rings is 1. The first-order valence-electron chi connectivity index (χ1n) is 11.5. The molecule has 4 aromatic rings. The van der Waals surface area contributed by atoms with Crippen LogP contribution in [0.3, 0.4) is 0 Å². The second-order valence-corrected chi connectivity index (χ2v) is 8.64. The van der Waals surface area contributed by atoms with E-state index >= 15 is 0 Å². The highest BCUT2D eigenvalue weighted by Gasteiger charge is 2.22. The second kappa shape index (κ2) is 9.43. The van der Waals surface area contributed by atoms with Gasteiger partial charge in [-0.05, 0) is 31.2 Å². The van der Waals surface area contributed by atoms with Crippen molar-refractivity contribution in [1.82, 2.24) is 25.1 Å². The number of hydrogen-bond donors (Lipinski definition) is 3. The van der Waals surface area contributed by atoms with E-state index in [0.717, 1.165) is 30.7 Å². The summed E-state index contributed by atoms with van der Waals surface area (Å²) in [5.74, 6) is -0.924. The fraction of sp³-hybridized carbons (Fsp3) is 0.333. The molecule has 11 heteroatoms. The first-order valence-corrected chi connectivity index (χ1v) is 11.5. The smallest absolute Gasteiger partial charge is 0.316 e. The molecule has 4 N–H and O–H groups in total. The van der Waals surface area contributed by atoms with Gasteiger partial charge in [0.25, 0.3) is 5.91 Å². The molecule has 1 atom stereocenters. The Kier molecular flexibility index (Phi) is 6.18. The summed E-state index contributed by atoms with van der Waals surface area (Å²) in [5, 5.41) is 11.7. The van der Waals surface area contributed by atoms with E-state index in [1.807, 2.05) is 6.07 Å².